The second-order valence-electron chi connectivity index (χ2n) is 5.51. The molecule has 130 valence electrons. The van der Waals surface area contributed by atoms with Gasteiger partial charge >= 0.3 is 0 Å². The molecule has 26 heavy (non-hydrogen) atoms. The van der Waals surface area contributed by atoms with Gasteiger partial charge in [-0.15, -0.1) is 5.10 Å². The standard InChI is InChI=1S/C18H14ClN5OS/c1-2-23(18-21-14-10-12(19)8-9-16(14)26-18)17(25)15-11-20-24(22-15)13-6-4-3-5-7-13/h3-11H,2H2,1H3. The Labute approximate surface area is 158 Å². The number of carbonyl (C=O) groups is 1. The normalized spacial score (nSPS) is 11.0. The Morgan fingerprint density at radius 3 is 2.81 bits per heavy atom. The number of anilines is 1. The Kier molecular flexibility index (Phi) is 4.40. The van der Waals surface area contributed by atoms with E-state index in [4.69, 9.17) is 11.6 Å². The summed E-state index contributed by atoms with van der Waals surface area (Å²) in [6.07, 6.45) is 1.47. The zero-order chi connectivity index (χ0) is 18.1. The van der Waals surface area contributed by atoms with Gasteiger partial charge in [-0.05, 0) is 37.3 Å². The lowest BCUT2D eigenvalue weighted by Gasteiger charge is -2.15. The Hall–Kier alpha value is -2.77. The van der Waals surface area contributed by atoms with Gasteiger partial charge in [-0.25, -0.2) is 4.98 Å². The first kappa shape index (κ1) is 16.7. The third-order valence-corrected chi connectivity index (χ3v) is 5.12. The number of hydrogen-bond donors (Lipinski definition) is 0. The number of benzene rings is 2. The molecule has 0 aliphatic rings. The SMILES string of the molecule is CCN(C(=O)c1cnn(-c2ccccc2)n1)c1nc2cc(Cl)ccc2s1. The van der Waals surface area contributed by atoms with E-state index in [0.29, 0.717) is 16.7 Å². The molecule has 2 aromatic heterocycles. The Bertz CT molecular complexity index is 1080. The van der Waals surface area contributed by atoms with Crippen molar-refractivity contribution in [2.45, 2.75) is 6.92 Å². The molecule has 1 amide bonds. The Morgan fingerprint density at radius 1 is 1.23 bits per heavy atom. The average Bonchev–Trinajstić information content (AvgIpc) is 3.29. The number of rotatable bonds is 4. The molecule has 0 aliphatic carbocycles. The molecule has 2 aromatic carbocycles. The molecule has 0 radical (unpaired) electrons. The summed E-state index contributed by atoms with van der Waals surface area (Å²) in [5.74, 6) is -0.236. The summed E-state index contributed by atoms with van der Waals surface area (Å²) in [5.41, 5.74) is 1.84. The number of carbonyl (C=O) groups excluding carboxylic acids is 1. The number of para-hydroxylation sites is 1. The van der Waals surface area contributed by atoms with Crippen molar-refractivity contribution in [2.75, 3.05) is 11.4 Å². The molecule has 6 nitrogen and oxygen atoms in total. The van der Waals surface area contributed by atoms with Gasteiger partial charge in [0, 0.05) is 11.6 Å². The maximum absolute atomic E-state index is 12.9. The van der Waals surface area contributed by atoms with E-state index in [1.54, 1.807) is 11.0 Å². The largest absolute Gasteiger partial charge is 0.283 e. The number of amides is 1. The van der Waals surface area contributed by atoms with Gasteiger partial charge in [-0.3, -0.25) is 9.69 Å². The third kappa shape index (κ3) is 3.07. The summed E-state index contributed by atoms with van der Waals surface area (Å²) < 4.78 is 0.976. The van der Waals surface area contributed by atoms with Crippen LogP contribution in [-0.4, -0.2) is 32.4 Å². The molecule has 8 heteroatoms. The highest BCUT2D eigenvalue weighted by atomic mass is 35.5. The molecule has 0 unspecified atom stereocenters. The van der Waals surface area contributed by atoms with Crippen LogP contribution in [0.5, 0.6) is 0 Å². The molecule has 0 aliphatic heterocycles. The van der Waals surface area contributed by atoms with E-state index in [1.807, 2.05) is 49.4 Å². The fourth-order valence-corrected chi connectivity index (χ4v) is 3.73. The lowest BCUT2D eigenvalue weighted by molar-refractivity contribution is 0.0983. The predicted octanol–water partition coefficient (Wildman–Crippen LogP) is 4.20. The second kappa shape index (κ2) is 6.86. The maximum atomic E-state index is 12.9. The van der Waals surface area contributed by atoms with E-state index in [0.717, 1.165) is 15.9 Å². The molecule has 4 rings (SSSR count). The van der Waals surface area contributed by atoms with Crippen molar-refractivity contribution in [3.63, 3.8) is 0 Å². The van der Waals surface area contributed by atoms with Crippen LogP contribution in [0.25, 0.3) is 15.9 Å². The molecule has 0 saturated carbocycles. The van der Waals surface area contributed by atoms with Crippen LogP contribution in [0.1, 0.15) is 17.4 Å². The van der Waals surface area contributed by atoms with E-state index in [-0.39, 0.29) is 11.6 Å². The van der Waals surface area contributed by atoms with Crippen LogP contribution in [0.2, 0.25) is 5.02 Å². The number of aromatic nitrogens is 4. The highest BCUT2D eigenvalue weighted by Crippen LogP contribution is 2.31. The van der Waals surface area contributed by atoms with Crippen molar-refractivity contribution >= 4 is 44.2 Å². The van der Waals surface area contributed by atoms with Crippen LogP contribution >= 0.6 is 22.9 Å². The number of thiazole rings is 1. The fourth-order valence-electron chi connectivity index (χ4n) is 2.55. The lowest BCUT2D eigenvalue weighted by Crippen LogP contribution is -2.30. The van der Waals surface area contributed by atoms with E-state index in [9.17, 15) is 4.79 Å². The van der Waals surface area contributed by atoms with Crippen molar-refractivity contribution in [1.29, 1.82) is 0 Å². The fraction of sp³-hybridized carbons (Fsp3) is 0.111. The molecule has 0 saturated heterocycles. The minimum Gasteiger partial charge on any atom is -0.283 e. The average molecular weight is 384 g/mol. The maximum Gasteiger partial charge on any atom is 0.282 e. The molecule has 2 heterocycles. The minimum absolute atomic E-state index is 0.236. The molecular formula is C18H14ClN5OS. The first-order chi connectivity index (χ1) is 12.7. The zero-order valence-corrected chi connectivity index (χ0v) is 15.4. The first-order valence-electron chi connectivity index (χ1n) is 8.01. The molecule has 0 bridgehead atoms. The van der Waals surface area contributed by atoms with Crippen LogP contribution in [0.15, 0.2) is 54.7 Å². The van der Waals surface area contributed by atoms with Crippen LogP contribution < -0.4 is 4.90 Å². The monoisotopic (exact) mass is 383 g/mol. The summed E-state index contributed by atoms with van der Waals surface area (Å²) in [6, 6.07) is 15.0. The summed E-state index contributed by atoms with van der Waals surface area (Å²) >= 11 is 7.47. The smallest absolute Gasteiger partial charge is 0.282 e. The molecule has 0 spiro atoms. The summed E-state index contributed by atoms with van der Waals surface area (Å²) in [4.78, 5) is 20.5. The van der Waals surface area contributed by atoms with Gasteiger partial charge in [0.05, 0.1) is 22.1 Å². The van der Waals surface area contributed by atoms with Crippen molar-refractivity contribution in [2.24, 2.45) is 0 Å². The quantitative estimate of drug-likeness (QED) is 0.530. The highest BCUT2D eigenvalue weighted by Gasteiger charge is 2.22. The number of hydrogen-bond acceptors (Lipinski definition) is 5. The summed E-state index contributed by atoms with van der Waals surface area (Å²) in [5, 5.41) is 9.74. The van der Waals surface area contributed by atoms with E-state index in [2.05, 4.69) is 15.2 Å². The highest BCUT2D eigenvalue weighted by molar-refractivity contribution is 7.22. The van der Waals surface area contributed by atoms with E-state index >= 15 is 0 Å². The van der Waals surface area contributed by atoms with Gasteiger partial charge < -0.3 is 0 Å². The minimum atomic E-state index is -0.236. The lowest BCUT2D eigenvalue weighted by atomic mass is 10.3. The summed E-state index contributed by atoms with van der Waals surface area (Å²) in [7, 11) is 0. The van der Waals surface area contributed by atoms with Gasteiger partial charge in [0.1, 0.15) is 0 Å². The molecular weight excluding hydrogens is 370 g/mol. The van der Waals surface area contributed by atoms with E-state index < -0.39 is 0 Å². The Morgan fingerprint density at radius 2 is 2.04 bits per heavy atom. The third-order valence-electron chi connectivity index (χ3n) is 3.83. The number of halogens is 1. The van der Waals surface area contributed by atoms with Crippen molar-refractivity contribution in [3.8, 4) is 5.69 Å². The van der Waals surface area contributed by atoms with Gasteiger partial charge in [-0.1, -0.05) is 41.1 Å². The van der Waals surface area contributed by atoms with Gasteiger partial charge in [0.2, 0.25) is 0 Å². The topological polar surface area (TPSA) is 63.9 Å². The molecule has 0 N–H and O–H groups in total. The van der Waals surface area contributed by atoms with Crippen LogP contribution in [-0.2, 0) is 0 Å². The Balaban J connectivity index is 1.66. The van der Waals surface area contributed by atoms with Gasteiger partial charge in [0.25, 0.3) is 5.91 Å². The van der Waals surface area contributed by atoms with E-state index in [1.165, 1.54) is 22.3 Å². The molecule has 0 atom stereocenters. The molecule has 4 aromatic rings. The summed E-state index contributed by atoms with van der Waals surface area (Å²) in [6.45, 7) is 2.38. The van der Waals surface area contributed by atoms with Gasteiger partial charge in [-0.2, -0.15) is 9.90 Å². The number of fused-ring (bicyclic) bond motifs is 1. The van der Waals surface area contributed by atoms with Crippen LogP contribution in [0, 0.1) is 0 Å². The first-order valence-corrected chi connectivity index (χ1v) is 9.21. The zero-order valence-electron chi connectivity index (χ0n) is 13.8. The van der Waals surface area contributed by atoms with Crippen molar-refractivity contribution in [1.82, 2.24) is 20.0 Å². The molecule has 0 fully saturated rings. The van der Waals surface area contributed by atoms with Crippen molar-refractivity contribution < 1.29 is 4.79 Å². The van der Waals surface area contributed by atoms with Crippen molar-refractivity contribution in [3.05, 3.63) is 65.4 Å². The number of nitrogens with zero attached hydrogens (tertiary/aromatic N) is 5. The van der Waals surface area contributed by atoms with Crippen LogP contribution in [0.3, 0.4) is 0 Å². The van der Waals surface area contributed by atoms with Gasteiger partial charge in [0.15, 0.2) is 10.8 Å². The predicted molar refractivity (Wildman–Crippen MR) is 103 cm³/mol. The van der Waals surface area contributed by atoms with Crippen LogP contribution in [0.4, 0.5) is 5.13 Å². The second-order valence-corrected chi connectivity index (χ2v) is 6.96.